The Kier molecular flexibility index (Phi) is 5.61. The van der Waals surface area contributed by atoms with Crippen LogP contribution in [0.25, 0.3) is 0 Å². The van der Waals surface area contributed by atoms with E-state index in [1.165, 1.54) is 5.56 Å². The maximum atomic E-state index is 10.1. The van der Waals surface area contributed by atoms with E-state index in [1.54, 1.807) is 12.1 Å². The first-order chi connectivity index (χ1) is 9.56. The van der Waals surface area contributed by atoms with Gasteiger partial charge in [0.1, 0.15) is 0 Å². The van der Waals surface area contributed by atoms with E-state index in [1.807, 2.05) is 24.3 Å². The highest BCUT2D eigenvalue weighted by atomic mass is 79.9. The van der Waals surface area contributed by atoms with Crippen molar-refractivity contribution in [2.24, 2.45) is 0 Å². The number of aliphatic hydroxyl groups excluding tert-OH is 1. The molecule has 2 rings (SSSR count). The van der Waals surface area contributed by atoms with Gasteiger partial charge in [0.25, 0.3) is 0 Å². The quantitative estimate of drug-likeness (QED) is 0.829. The molecule has 106 valence electrons. The Bertz CT molecular complexity index is 559. The van der Waals surface area contributed by atoms with Gasteiger partial charge in [-0.15, -0.1) is 0 Å². The number of hydrogen-bond acceptors (Lipinski definition) is 2. The summed E-state index contributed by atoms with van der Waals surface area (Å²) >= 11 is 9.30. The summed E-state index contributed by atoms with van der Waals surface area (Å²) in [5, 5.41) is 14.2. The number of aliphatic hydroxyl groups is 1. The second-order valence-electron chi connectivity index (χ2n) is 4.75. The molecule has 2 nitrogen and oxygen atoms in total. The Labute approximate surface area is 132 Å². The van der Waals surface area contributed by atoms with Crippen LogP contribution in [0, 0.1) is 0 Å². The van der Waals surface area contributed by atoms with Crippen molar-refractivity contribution in [2.75, 3.05) is 6.54 Å². The molecule has 0 aromatic heterocycles. The Hall–Kier alpha value is -0.870. The molecule has 0 amide bonds. The van der Waals surface area contributed by atoms with Gasteiger partial charge in [-0.25, -0.2) is 0 Å². The van der Waals surface area contributed by atoms with Crippen LogP contribution in [0.1, 0.15) is 30.2 Å². The molecule has 2 atom stereocenters. The van der Waals surface area contributed by atoms with Crippen molar-refractivity contribution in [1.29, 1.82) is 0 Å². The predicted molar refractivity (Wildman–Crippen MR) is 87.0 cm³/mol. The van der Waals surface area contributed by atoms with Crippen LogP contribution in [-0.4, -0.2) is 11.7 Å². The average Bonchev–Trinajstić information content (AvgIpc) is 2.45. The SMILES string of the molecule is CC(NCC(O)c1ccc(Cl)cc1)c1cccc(Br)c1. The fourth-order valence-corrected chi connectivity index (χ4v) is 2.53. The molecule has 0 aliphatic heterocycles. The first-order valence-electron chi connectivity index (χ1n) is 6.48. The molecule has 0 saturated heterocycles. The molecule has 0 aliphatic rings. The molecule has 0 fully saturated rings. The third kappa shape index (κ3) is 4.32. The number of rotatable bonds is 5. The fourth-order valence-electron chi connectivity index (χ4n) is 1.98. The molecule has 0 saturated carbocycles. The minimum absolute atomic E-state index is 0.175. The van der Waals surface area contributed by atoms with Crippen molar-refractivity contribution < 1.29 is 5.11 Å². The lowest BCUT2D eigenvalue weighted by Gasteiger charge is -2.18. The maximum absolute atomic E-state index is 10.1. The number of halogens is 2. The summed E-state index contributed by atoms with van der Waals surface area (Å²) in [6, 6.07) is 15.6. The van der Waals surface area contributed by atoms with Gasteiger partial charge in [0.05, 0.1) is 6.10 Å². The van der Waals surface area contributed by atoms with Gasteiger partial charge >= 0.3 is 0 Å². The maximum Gasteiger partial charge on any atom is 0.0914 e. The van der Waals surface area contributed by atoms with Crippen LogP contribution >= 0.6 is 27.5 Å². The zero-order chi connectivity index (χ0) is 14.5. The van der Waals surface area contributed by atoms with Crippen LogP contribution in [-0.2, 0) is 0 Å². The van der Waals surface area contributed by atoms with Crippen molar-refractivity contribution in [1.82, 2.24) is 5.32 Å². The molecule has 2 unspecified atom stereocenters. The molecule has 4 heteroatoms. The number of hydrogen-bond donors (Lipinski definition) is 2. The highest BCUT2D eigenvalue weighted by Gasteiger charge is 2.10. The summed E-state index contributed by atoms with van der Waals surface area (Å²) in [5.41, 5.74) is 2.05. The lowest BCUT2D eigenvalue weighted by Crippen LogP contribution is -2.24. The van der Waals surface area contributed by atoms with Gasteiger partial charge in [-0.3, -0.25) is 0 Å². The molecule has 2 aromatic carbocycles. The van der Waals surface area contributed by atoms with Crippen molar-refractivity contribution >= 4 is 27.5 Å². The molecular formula is C16H17BrClNO. The third-order valence-corrected chi connectivity index (χ3v) is 3.97. The monoisotopic (exact) mass is 353 g/mol. The summed E-state index contributed by atoms with van der Waals surface area (Å²) in [6.07, 6.45) is -0.540. The summed E-state index contributed by atoms with van der Waals surface area (Å²) in [7, 11) is 0. The smallest absolute Gasteiger partial charge is 0.0914 e. The summed E-state index contributed by atoms with van der Waals surface area (Å²) < 4.78 is 1.06. The molecule has 0 heterocycles. The normalized spacial score (nSPS) is 14.0. The van der Waals surface area contributed by atoms with E-state index in [9.17, 15) is 5.11 Å². The molecule has 0 aliphatic carbocycles. The second kappa shape index (κ2) is 7.23. The van der Waals surface area contributed by atoms with Gasteiger partial charge in [-0.1, -0.05) is 51.8 Å². The number of benzene rings is 2. The number of nitrogens with one attached hydrogen (secondary N) is 1. The van der Waals surface area contributed by atoms with E-state index in [0.29, 0.717) is 11.6 Å². The van der Waals surface area contributed by atoms with E-state index in [0.717, 1.165) is 10.0 Å². The lowest BCUT2D eigenvalue weighted by molar-refractivity contribution is 0.171. The molecule has 2 N–H and O–H groups in total. The van der Waals surface area contributed by atoms with E-state index in [4.69, 9.17) is 11.6 Å². The van der Waals surface area contributed by atoms with Gasteiger partial charge in [-0.05, 0) is 42.3 Å². The van der Waals surface area contributed by atoms with Gasteiger partial charge in [-0.2, -0.15) is 0 Å². The molecule has 0 radical (unpaired) electrons. The van der Waals surface area contributed by atoms with Crippen LogP contribution in [0.3, 0.4) is 0 Å². The topological polar surface area (TPSA) is 32.3 Å². The Balaban J connectivity index is 1.93. The first-order valence-corrected chi connectivity index (χ1v) is 7.66. The Morgan fingerprint density at radius 1 is 1.15 bits per heavy atom. The van der Waals surface area contributed by atoms with Crippen LogP contribution in [0.15, 0.2) is 53.0 Å². The van der Waals surface area contributed by atoms with Crippen molar-refractivity contribution in [2.45, 2.75) is 19.1 Å². The Morgan fingerprint density at radius 3 is 2.50 bits per heavy atom. The van der Waals surface area contributed by atoms with E-state index in [2.05, 4.69) is 40.3 Å². The molecule has 2 aromatic rings. The molecule has 0 bridgehead atoms. The molecule has 0 spiro atoms. The zero-order valence-electron chi connectivity index (χ0n) is 11.2. The highest BCUT2D eigenvalue weighted by molar-refractivity contribution is 9.10. The van der Waals surface area contributed by atoms with Crippen LogP contribution in [0.4, 0.5) is 0 Å². The van der Waals surface area contributed by atoms with Gasteiger partial charge in [0.15, 0.2) is 0 Å². The van der Waals surface area contributed by atoms with E-state index < -0.39 is 6.10 Å². The van der Waals surface area contributed by atoms with Crippen LogP contribution < -0.4 is 5.32 Å². The van der Waals surface area contributed by atoms with Gasteiger partial charge < -0.3 is 10.4 Å². The van der Waals surface area contributed by atoms with E-state index >= 15 is 0 Å². The summed E-state index contributed by atoms with van der Waals surface area (Å²) in [5.74, 6) is 0. The Morgan fingerprint density at radius 2 is 1.85 bits per heavy atom. The first kappa shape index (κ1) is 15.5. The van der Waals surface area contributed by atoms with Crippen LogP contribution in [0.2, 0.25) is 5.02 Å². The predicted octanol–water partition coefficient (Wildman–Crippen LogP) is 4.49. The second-order valence-corrected chi connectivity index (χ2v) is 6.10. The fraction of sp³-hybridized carbons (Fsp3) is 0.250. The van der Waals surface area contributed by atoms with Gasteiger partial charge in [0.2, 0.25) is 0 Å². The largest absolute Gasteiger partial charge is 0.387 e. The minimum Gasteiger partial charge on any atom is -0.387 e. The lowest BCUT2D eigenvalue weighted by atomic mass is 10.1. The van der Waals surface area contributed by atoms with E-state index in [-0.39, 0.29) is 6.04 Å². The minimum atomic E-state index is -0.540. The van der Waals surface area contributed by atoms with Crippen LogP contribution in [0.5, 0.6) is 0 Å². The van der Waals surface area contributed by atoms with Gasteiger partial charge in [0, 0.05) is 22.1 Å². The standard InChI is InChI=1S/C16H17BrClNO/c1-11(13-3-2-4-14(17)9-13)19-10-16(20)12-5-7-15(18)8-6-12/h2-9,11,16,19-20H,10H2,1H3. The molecular weight excluding hydrogens is 338 g/mol. The van der Waals surface area contributed by atoms with Crippen molar-refractivity contribution in [3.63, 3.8) is 0 Å². The zero-order valence-corrected chi connectivity index (χ0v) is 13.5. The highest BCUT2D eigenvalue weighted by Crippen LogP contribution is 2.20. The summed E-state index contributed by atoms with van der Waals surface area (Å²) in [4.78, 5) is 0. The average molecular weight is 355 g/mol. The summed E-state index contributed by atoms with van der Waals surface area (Å²) in [6.45, 7) is 2.58. The van der Waals surface area contributed by atoms with Crippen molar-refractivity contribution in [3.05, 3.63) is 69.2 Å². The molecule has 20 heavy (non-hydrogen) atoms. The third-order valence-electron chi connectivity index (χ3n) is 3.22. The van der Waals surface area contributed by atoms with Crippen molar-refractivity contribution in [3.8, 4) is 0 Å².